The maximum absolute atomic E-state index is 5.46. The van der Waals surface area contributed by atoms with Crippen LogP contribution in [0.5, 0.6) is 0 Å². The van der Waals surface area contributed by atoms with Gasteiger partial charge < -0.3 is 9.84 Å². The zero-order valence-corrected chi connectivity index (χ0v) is 12.3. The van der Waals surface area contributed by atoms with Gasteiger partial charge in [0.2, 0.25) is 0 Å². The molecule has 2 aromatic rings. The lowest BCUT2D eigenvalue weighted by molar-refractivity contribution is 0.190. The largest absolute Gasteiger partial charge is 0.334 e. The zero-order valence-electron chi connectivity index (χ0n) is 12.3. The van der Waals surface area contributed by atoms with Crippen molar-refractivity contribution in [3.63, 3.8) is 0 Å². The Labute approximate surface area is 118 Å². The number of hydrogen-bond acceptors (Lipinski definition) is 6. The van der Waals surface area contributed by atoms with E-state index in [1.165, 1.54) is 0 Å². The van der Waals surface area contributed by atoms with Crippen LogP contribution >= 0.6 is 0 Å². The second-order valence-corrected chi connectivity index (χ2v) is 5.33. The lowest BCUT2D eigenvalue weighted by atomic mass is 10.2. The third kappa shape index (κ3) is 2.12. The van der Waals surface area contributed by atoms with E-state index in [4.69, 9.17) is 4.52 Å². The Bertz CT molecular complexity index is 616. The maximum Gasteiger partial charge on any atom is 0.261 e. The quantitative estimate of drug-likeness (QED) is 0.869. The molecule has 1 aliphatic heterocycles. The third-order valence-corrected chi connectivity index (χ3v) is 3.97. The predicted octanol–water partition coefficient (Wildman–Crippen LogP) is 0.663. The van der Waals surface area contributed by atoms with Crippen LogP contribution in [-0.4, -0.2) is 51.5 Å². The highest BCUT2D eigenvalue weighted by molar-refractivity contribution is 5.59. The minimum atomic E-state index is 0.165. The molecule has 0 bridgehead atoms. The van der Waals surface area contributed by atoms with E-state index in [2.05, 4.69) is 32.5 Å². The molecule has 0 saturated carbocycles. The van der Waals surface area contributed by atoms with E-state index in [0.717, 1.165) is 42.4 Å². The van der Waals surface area contributed by atoms with Crippen LogP contribution in [0.3, 0.4) is 0 Å². The molecule has 108 valence electrons. The smallest absolute Gasteiger partial charge is 0.261 e. The van der Waals surface area contributed by atoms with Crippen molar-refractivity contribution in [1.29, 1.82) is 0 Å². The van der Waals surface area contributed by atoms with Crippen LogP contribution in [0.25, 0.3) is 11.5 Å². The Balaban J connectivity index is 1.93. The molecule has 1 unspecified atom stereocenters. The molecule has 3 rings (SSSR count). The summed E-state index contributed by atoms with van der Waals surface area (Å²) < 4.78 is 7.29. The summed E-state index contributed by atoms with van der Waals surface area (Å²) >= 11 is 0. The van der Waals surface area contributed by atoms with Crippen LogP contribution in [0.2, 0.25) is 0 Å². The molecule has 1 fully saturated rings. The van der Waals surface area contributed by atoms with Gasteiger partial charge in [0.1, 0.15) is 0 Å². The van der Waals surface area contributed by atoms with Crippen molar-refractivity contribution in [2.75, 3.05) is 26.7 Å². The molecule has 7 nitrogen and oxygen atoms in total. The molecular weight excluding hydrogens is 256 g/mol. The maximum atomic E-state index is 5.46. The first-order valence-electron chi connectivity index (χ1n) is 6.83. The summed E-state index contributed by atoms with van der Waals surface area (Å²) in [6.07, 6.45) is 0. The van der Waals surface area contributed by atoms with Crippen LogP contribution < -0.4 is 5.32 Å². The van der Waals surface area contributed by atoms with Crippen molar-refractivity contribution in [1.82, 2.24) is 30.1 Å². The van der Waals surface area contributed by atoms with Crippen LogP contribution in [-0.2, 0) is 7.05 Å². The lowest BCUT2D eigenvalue weighted by Gasteiger charge is -2.30. The highest BCUT2D eigenvalue weighted by atomic mass is 16.5. The van der Waals surface area contributed by atoms with E-state index in [9.17, 15) is 0 Å². The van der Waals surface area contributed by atoms with Gasteiger partial charge in [0.05, 0.1) is 17.3 Å². The Kier molecular flexibility index (Phi) is 3.31. The van der Waals surface area contributed by atoms with Crippen LogP contribution in [0, 0.1) is 13.8 Å². The van der Waals surface area contributed by atoms with Gasteiger partial charge in [-0.2, -0.15) is 10.1 Å². The topological polar surface area (TPSA) is 72.0 Å². The Morgan fingerprint density at radius 1 is 1.30 bits per heavy atom. The molecule has 1 N–H and O–H groups in total. The fourth-order valence-corrected chi connectivity index (χ4v) is 2.65. The number of aromatic nitrogens is 4. The average Bonchev–Trinajstić information content (AvgIpc) is 2.96. The molecule has 0 spiro atoms. The Morgan fingerprint density at radius 3 is 2.75 bits per heavy atom. The van der Waals surface area contributed by atoms with Crippen molar-refractivity contribution in [3.8, 4) is 11.5 Å². The van der Waals surface area contributed by atoms with Crippen molar-refractivity contribution in [2.24, 2.45) is 7.05 Å². The van der Waals surface area contributed by atoms with Crippen molar-refractivity contribution >= 4 is 0 Å². The molecular formula is C13H20N6O. The number of aryl methyl sites for hydroxylation is 2. The highest BCUT2D eigenvalue weighted by Gasteiger charge is 2.26. The van der Waals surface area contributed by atoms with E-state index >= 15 is 0 Å². The predicted molar refractivity (Wildman–Crippen MR) is 74.2 cm³/mol. The van der Waals surface area contributed by atoms with Gasteiger partial charge in [-0.15, -0.1) is 0 Å². The Morgan fingerprint density at radius 2 is 2.10 bits per heavy atom. The summed E-state index contributed by atoms with van der Waals surface area (Å²) in [7, 11) is 4.00. The fourth-order valence-electron chi connectivity index (χ4n) is 2.65. The van der Waals surface area contributed by atoms with E-state index in [-0.39, 0.29) is 6.04 Å². The van der Waals surface area contributed by atoms with Crippen LogP contribution in [0.1, 0.15) is 23.3 Å². The number of nitrogens with zero attached hydrogens (tertiary/aromatic N) is 5. The number of piperazine rings is 1. The van der Waals surface area contributed by atoms with Gasteiger partial charge >= 0.3 is 0 Å². The van der Waals surface area contributed by atoms with Gasteiger partial charge in [0, 0.05) is 32.4 Å². The molecule has 7 heteroatoms. The number of rotatable bonds is 2. The molecule has 3 heterocycles. The summed E-state index contributed by atoms with van der Waals surface area (Å²) in [6, 6.07) is 0.165. The molecule has 0 aromatic carbocycles. The normalized spacial score (nSPS) is 20.5. The highest BCUT2D eigenvalue weighted by Crippen LogP contribution is 2.27. The summed E-state index contributed by atoms with van der Waals surface area (Å²) in [6.45, 7) is 6.80. The number of hydrogen-bond donors (Lipinski definition) is 1. The van der Waals surface area contributed by atoms with Crippen molar-refractivity contribution < 1.29 is 4.52 Å². The van der Waals surface area contributed by atoms with Gasteiger partial charge in [-0.05, 0) is 20.9 Å². The number of nitrogens with one attached hydrogen (secondary N) is 1. The summed E-state index contributed by atoms with van der Waals surface area (Å²) in [5.41, 5.74) is 2.89. The molecule has 1 saturated heterocycles. The van der Waals surface area contributed by atoms with E-state index in [1.807, 2.05) is 25.6 Å². The second kappa shape index (κ2) is 4.99. The molecule has 1 atom stereocenters. The molecule has 0 aliphatic carbocycles. The summed E-state index contributed by atoms with van der Waals surface area (Å²) in [4.78, 5) is 6.82. The first-order valence-corrected chi connectivity index (χ1v) is 6.83. The summed E-state index contributed by atoms with van der Waals surface area (Å²) in [5, 5.41) is 11.9. The van der Waals surface area contributed by atoms with Gasteiger partial charge in [-0.3, -0.25) is 9.58 Å². The van der Waals surface area contributed by atoms with Crippen molar-refractivity contribution in [3.05, 3.63) is 17.2 Å². The molecule has 2 aromatic heterocycles. The average molecular weight is 276 g/mol. The van der Waals surface area contributed by atoms with Gasteiger partial charge in [0.25, 0.3) is 5.89 Å². The van der Waals surface area contributed by atoms with E-state index in [0.29, 0.717) is 5.89 Å². The van der Waals surface area contributed by atoms with Gasteiger partial charge in [-0.1, -0.05) is 5.16 Å². The standard InChI is InChI=1S/C13H20N6O/c1-8-11(9(2)19(4)16-8)13-15-12(17-20-13)10-7-14-5-6-18(10)3/h10,14H,5-7H2,1-4H3. The van der Waals surface area contributed by atoms with Gasteiger partial charge in [0.15, 0.2) is 5.82 Å². The third-order valence-electron chi connectivity index (χ3n) is 3.97. The van der Waals surface area contributed by atoms with Crippen molar-refractivity contribution in [2.45, 2.75) is 19.9 Å². The molecule has 0 radical (unpaired) electrons. The Hall–Kier alpha value is -1.73. The fraction of sp³-hybridized carbons (Fsp3) is 0.615. The first kappa shape index (κ1) is 13.3. The lowest BCUT2D eigenvalue weighted by Crippen LogP contribution is -2.44. The monoisotopic (exact) mass is 276 g/mol. The first-order chi connectivity index (χ1) is 9.58. The molecule has 1 aliphatic rings. The van der Waals surface area contributed by atoms with E-state index in [1.54, 1.807) is 0 Å². The van der Waals surface area contributed by atoms with Gasteiger partial charge in [-0.25, -0.2) is 0 Å². The van der Waals surface area contributed by atoms with E-state index < -0.39 is 0 Å². The van der Waals surface area contributed by atoms with Crippen LogP contribution in [0.4, 0.5) is 0 Å². The SMILES string of the molecule is Cc1nn(C)c(C)c1-c1nc(C2CNCCN2C)no1. The summed E-state index contributed by atoms with van der Waals surface area (Å²) in [5.74, 6) is 1.29. The number of likely N-dealkylation sites (N-methyl/N-ethyl adjacent to an activating group) is 1. The minimum Gasteiger partial charge on any atom is -0.334 e. The molecule has 0 amide bonds. The second-order valence-electron chi connectivity index (χ2n) is 5.33. The zero-order chi connectivity index (χ0) is 14.3. The van der Waals surface area contributed by atoms with Crippen LogP contribution in [0.15, 0.2) is 4.52 Å². The minimum absolute atomic E-state index is 0.165. The molecule has 20 heavy (non-hydrogen) atoms.